The average molecular weight is 402 g/mol. The fraction of sp³-hybridized carbons (Fsp3) is 0.500. The molecule has 0 aromatic carbocycles. The lowest BCUT2D eigenvalue weighted by Gasteiger charge is -2.10. The van der Waals surface area contributed by atoms with Gasteiger partial charge in [-0.3, -0.25) is 18.6 Å². The van der Waals surface area contributed by atoms with Crippen LogP contribution in [0.3, 0.4) is 0 Å². The normalized spacial score (nSPS) is 11.0. The second-order valence-corrected chi connectivity index (χ2v) is 5.90. The minimum Gasteiger partial charge on any atom is -0.300 e. The molecular formula is C14H19IN4O2. The second-order valence-electron chi connectivity index (χ2n) is 4.73. The van der Waals surface area contributed by atoms with Crippen molar-refractivity contribution in [1.29, 1.82) is 0 Å². The predicted molar refractivity (Wildman–Crippen MR) is 89.7 cm³/mol. The summed E-state index contributed by atoms with van der Waals surface area (Å²) in [7, 11) is 0. The summed E-state index contributed by atoms with van der Waals surface area (Å²) in [6, 6.07) is 1.96. The Morgan fingerprint density at radius 2 is 1.90 bits per heavy atom. The molecule has 2 rings (SSSR count). The summed E-state index contributed by atoms with van der Waals surface area (Å²) in [5.41, 5.74) is 1.34. The molecule has 2 aromatic heterocycles. The number of hydrogen-bond acceptors (Lipinski definition) is 3. The number of halogens is 1. The molecule has 0 saturated heterocycles. The van der Waals surface area contributed by atoms with Crippen molar-refractivity contribution < 1.29 is 0 Å². The van der Waals surface area contributed by atoms with E-state index >= 15 is 0 Å². The maximum atomic E-state index is 12.3. The SMILES string of the molecule is CCc1cc(Cn2c(=O)c(I)cn(CC)c2=O)n(CC)n1. The van der Waals surface area contributed by atoms with Crippen molar-refractivity contribution in [3.8, 4) is 0 Å². The van der Waals surface area contributed by atoms with Crippen LogP contribution in [-0.4, -0.2) is 18.9 Å². The Kier molecular flexibility index (Phi) is 5.02. The van der Waals surface area contributed by atoms with E-state index in [0.29, 0.717) is 10.1 Å². The first-order valence-electron chi connectivity index (χ1n) is 7.07. The molecule has 0 amide bonds. The van der Waals surface area contributed by atoms with Crippen molar-refractivity contribution >= 4 is 22.6 Å². The van der Waals surface area contributed by atoms with Gasteiger partial charge in [0, 0.05) is 19.3 Å². The van der Waals surface area contributed by atoms with Gasteiger partial charge in [-0.15, -0.1) is 0 Å². The van der Waals surface area contributed by atoms with Gasteiger partial charge >= 0.3 is 5.69 Å². The van der Waals surface area contributed by atoms with E-state index in [2.05, 4.69) is 5.10 Å². The fourth-order valence-corrected chi connectivity index (χ4v) is 2.86. The molecule has 2 heterocycles. The summed E-state index contributed by atoms with van der Waals surface area (Å²) in [4.78, 5) is 24.6. The van der Waals surface area contributed by atoms with E-state index < -0.39 is 0 Å². The van der Waals surface area contributed by atoms with Crippen LogP contribution in [0.2, 0.25) is 0 Å². The van der Waals surface area contributed by atoms with E-state index in [9.17, 15) is 9.59 Å². The largest absolute Gasteiger partial charge is 0.331 e. The minimum absolute atomic E-state index is 0.243. The molecule has 0 unspecified atom stereocenters. The van der Waals surface area contributed by atoms with Gasteiger partial charge in [0.1, 0.15) is 0 Å². The molecule has 0 bridgehead atoms. The number of aryl methyl sites for hydroxylation is 3. The Hall–Kier alpha value is -1.38. The molecule has 114 valence electrons. The third kappa shape index (κ3) is 3.12. The molecule has 7 heteroatoms. The summed E-state index contributed by atoms with van der Waals surface area (Å²) in [6.45, 7) is 7.44. The van der Waals surface area contributed by atoms with E-state index in [-0.39, 0.29) is 17.8 Å². The molecular weight excluding hydrogens is 383 g/mol. The van der Waals surface area contributed by atoms with E-state index in [1.807, 2.05) is 54.1 Å². The first kappa shape index (κ1) is 16.0. The molecule has 0 saturated carbocycles. The summed E-state index contributed by atoms with van der Waals surface area (Å²) in [5, 5.41) is 4.46. The lowest BCUT2D eigenvalue weighted by Crippen LogP contribution is -2.41. The zero-order valence-corrected chi connectivity index (χ0v) is 14.6. The van der Waals surface area contributed by atoms with E-state index in [4.69, 9.17) is 0 Å². The zero-order chi connectivity index (χ0) is 15.6. The number of aromatic nitrogens is 4. The van der Waals surface area contributed by atoms with Crippen LogP contribution in [0.5, 0.6) is 0 Å². The molecule has 0 aliphatic rings. The van der Waals surface area contributed by atoms with Gasteiger partial charge in [-0.2, -0.15) is 5.10 Å². The van der Waals surface area contributed by atoms with Crippen molar-refractivity contribution in [3.05, 3.63) is 48.1 Å². The molecule has 6 nitrogen and oxygen atoms in total. The minimum atomic E-state index is -0.273. The van der Waals surface area contributed by atoms with Gasteiger partial charge < -0.3 is 0 Å². The van der Waals surface area contributed by atoms with Crippen molar-refractivity contribution in [2.24, 2.45) is 0 Å². The highest BCUT2D eigenvalue weighted by Crippen LogP contribution is 2.06. The molecule has 0 aliphatic heterocycles. The quantitative estimate of drug-likeness (QED) is 0.712. The van der Waals surface area contributed by atoms with Crippen LogP contribution in [0.15, 0.2) is 21.9 Å². The van der Waals surface area contributed by atoms with Crippen molar-refractivity contribution in [2.45, 2.75) is 46.8 Å². The summed E-state index contributed by atoms with van der Waals surface area (Å²) in [5.74, 6) is 0. The van der Waals surface area contributed by atoms with Crippen LogP contribution < -0.4 is 11.2 Å². The van der Waals surface area contributed by atoms with E-state index in [1.54, 1.807) is 10.8 Å². The molecule has 0 fully saturated rings. The Morgan fingerprint density at radius 3 is 2.48 bits per heavy atom. The Labute approximate surface area is 136 Å². The molecule has 0 aliphatic carbocycles. The monoisotopic (exact) mass is 402 g/mol. The highest BCUT2D eigenvalue weighted by molar-refractivity contribution is 14.1. The van der Waals surface area contributed by atoms with Crippen molar-refractivity contribution in [2.75, 3.05) is 0 Å². The van der Waals surface area contributed by atoms with Gasteiger partial charge in [0.15, 0.2) is 0 Å². The second kappa shape index (κ2) is 6.59. The zero-order valence-electron chi connectivity index (χ0n) is 12.5. The maximum Gasteiger partial charge on any atom is 0.331 e. The van der Waals surface area contributed by atoms with Crippen molar-refractivity contribution in [3.63, 3.8) is 0 Å². The predicted octanol–water partition coefficient (Wildman–Crippen LogP) is 1.46. The molecule has 0 N–H and O–H groups in total. The third-order valence-electron chi connectivity index (χ3n) is 3.43. The average Bonchev–Trinajstić information content (AvgIpc) is 2.89. The van der Waals surface area contributed by atoms with Crippen LogP contribution in [0.1, 0.15) is 32.2 Å². The molecule has 2 aromatic rings. The van der Waals surface area contributed by atoms with Crippen LogP contribution in [-0.2, 0) is 26.1 Å². The Balaban J connectivity index is 2.54. The van der Waals surface area contributed by atoms with Crippen LogP contribution >= 0.6 is 22.6 Å². The standard InChI is InChI=1S/C14H19IN4O2/c1-4-10-7-11(19(6-3)16-10)8-18-13(20)12(15)9-17(5-2)14(18)21/h7,9H,4-6,8H2,1-3H3. The molecule has 0 atom stereocenters. The summed E-state index contributed by atoms with van der Waals surface area (Å²) in [6.07, 6.45) is 2.44. The Bertz CT molecular complexity index is 757. The van der Waals surface area contributed by atoms with Crippen LogP contribution in [0, 0.1) is 3.57 Å². The highest BCUT2D eigenvalue weighted by atomic mass is 127. The van der Waals surface area contributed by atoms with Gasteiger partial charge in [-0.25, -0.2) is 4.79 Å². The lowest BCUT2D eigenvalue weighted by atomic mass is 10.3. The number of hydrogen-bond donors (Lipinski definition) is 0. The lowest BCUT2D eigenvalue weighted by molar-refractivity contribution is 0.551. The Morgan fingerprint density at radius 1 is 1.19 bits per heavy atom. The molecule has 0 radical (unpaired) electrons. The maximum absolute atomic E-state index is 12.3. The molecule has 21 heavy (non-hydrogen) atoms. The van der Waals surface area contributed by atoms with Gasteiger partial charge in [-0.05, 0) is 48.9 Å². The van der Waals surface area contributed by atoms with Crippen molar-refractivity contribution in [1.82, 2.24) is 18.9 Å². The van der Waals surface area contributed by atoms with Gasteiger partial charge in [0.25, 0.3) is 5.56 Å². The van der Waals surface area contributed by atoms with Crippen LogP contribution in [0.4, 0.5) is 0 Å². The van der Waals surface area contributed by atoms with Crippen LogP contribution in [0.25, 0.3) is 0 Å². The number of nitrogens with zero attached hydrogens (tertiary/aromatic N) is 4. The van der Waals surface area contributed by atoms with Gasteiger partial charge in [-0.1, -0.05) is 6.92 Å². The fourth-order valence-electron chi connectivity index (χ4n) is 2.23. The first-order chi connectivity index (χ1) is 10.0. The third-order valence-corrected chi connectivity index (χ3v) is 4.17. The first-order valence-corrected chi connectivity index (χ1v) is 8.15. The smallest absolute Gasteiger partial charge is 0.300 e. The van der Waals surface area contributed by atoms with E-state index in [1.165, 1.54) is 4.57 Å². The molecule has 0 spiro atoms. The topological polar surface area (TPSA) is 61.8 Å². The highest BCUT2D eigenvalue weighted by Gasteiger charge is 2.13. The van der Waals surface area contributed by atoms with Gasteiger partial charge in [0.05, 0.1) is 21.5 Å². The summed E-state index contributed by atoms with van der Waals surface area (Å²) >= 11 is 1.97. The summed E-state index contributed by atoms with van der Waals surface area (Å²) < 4.78 is 5.23. The number of rotatable bonds is 5. The van der Waals surface area contributed by atoms with E-state index in [0.717, 1.165) is 24.4 Å². The van der Waals surface area contributed by atoms with Gasteiger partial charge in [0.2, 0.25) is 0 Å².